The lowest BCUT2D eigenvalue weighted by Gasteiger charge is -2.09. The fourth-order valence-electron chi connectivity index (χ4n) is 2.80. The van der Waals surface area contributed by atoms with Crippen LogP contribution in [0.3, 0.4) is 0 Å². The molecule has 3 heterocycles. The first-order chi connectivity index (χ1) is 12.8. The predicted molar refractivity (Wildman–Crippen MR) is 98.5 cm³/mol. The van der Waals surface area contributed by atoms with Crippen molar-refractivity contribution in [2.24, 2.45) is 0 Å². The number of carbonyl (C=O) groups is 1. The van der Waals surface area contributed by atoms with E-state index in [1.807, 2.05) is 36.7 Å². The minimum Gasteiger partial charge on any atom is -0.395 e. The Morgan fingerprint density at radius 1 is 0.962 bits per heavy atom. The number of hydrogen-bond acceptors (Lipinski definition) is 4. The number of nitrogens with one attached hydrogen (secondary N) is 3. The van der Waals surface area contributed by atoms with E-state index in [0.717, 1.165) is 17.1 Å². The molecule has 0 aliphatic rings. The second kappa shape index (κ2) is 6.81. The largest absolute Gasteiger partial charge is 0.395 e. The van der Waals surface area contributed by atoms with E-state index in [2.05, 4.69) is 15.3 Å². The molecule has 4 N–H and O–H groups in total. The molecule has 4 rings (SSSR count). The van der Waals surface area contributed by atoms with Crippen LogP contribution in [0.15, 0.2) is 54.9 Å². The van der Waals surface area contributed by atoms with Gasteiger partial charge in [0.05, 0.1) is 29.0 Å². The zero-order valence-corrected chi connectivity index (χ0v) is 13.9. The third kappa shape index (κ3) is 2.96. The van der Waals surface area contributed by atoms with Gasteiger partial charge in [-0.15, -0.1) is 0 Å². The predicted octanol–water partition coefficient (Wildman–Crippen LogP) is 2.34. The van der Waals surface area contributed by atoms with Gasteiger partial charge in [-0.1, -0.05) is 0 Å². The van der Waals surface area contributed by atoms with Crippen LogP contribution in [0.2, 0.25) is 0 Å². The van der Waals surface area contributed by atoms with E-state index in [-0.39, 0.29) is 19.1 Å². The van der Waals surface area contributed by atoms with Crippen LogP contribution in [0.1, 0.15) is 10.4 Å². The summed E-state index contributed by atoms with van der Waals surface area (Å²) in [6.07, 6.45) is 3.67. The zero-order chi connectivity index (χ0) is 17.9. The number of H-pyrrole nitrogens is 2. The second-order valence-corrected chi connectivity index (χ2v) is 5.77. The van der Waals surface area contributed by atoms with Crippen molar-refractivity contribution in [3.8, 4) is 22.8 Å². The van der Waals surface area contributed by atoms with Crippen LogP contribution in [0.5, 0.6) is 0 Å². The van der Waals surface area contributed by atoms with E-state index in [1.54, 1.807) is 18.2 Å². The van der Waals surface area contributed by atoms with Gasteiger partial charge in [0, 0.05) is 24.5 Å². The minimum absolute atomic E-state index is 0.102. The third-order valence-corrected chi connectivity index (χ3v) is 4.03. The Morgan fingerprint density at radius 2 is 1.62 bits per heavy atom. The van der Waals surface area contributed by atoms with Crippen molar-refractivity contribution in [2.75, 3.05) is 13.2 Å². The molecule has 1 amide bonds. The average molecular weight is 347 g/mol. The smallest absolute Gasteiger partial charge is 0.251 e. The fraction of sp³-hybridized carbons (Fsp3) is 0.105. The number of aliphatic hydroxyl groups is 1. The Bertz CT molecular complexity index is 1040. The van der Waals surface area contributed by atoms with E-state index in [1.165, 1.54) is 0 Å². The SMILES string of the molecule is O=C(NCCO)c1ccc2nc(-c3ccc[nH]3)c(-c3ccc[nH]3)nc2c1. The van der Waals surface area contributed by atoms with Crippen LogP contribution in [-0.2, 0) is 0 Å². The Hall–Kier alpha value is -3.45. The zero-order valence-electron chi connectivity index (χ0n) is 13.9. The molecule has 0 unspecified atom stereocenters. The van der Waals surface area contributed by atoms with E-state index in [9.17, 15) is 4.79 Å². The first-order valence-electron chi connectivity index (χ1n) is 8.24. The molecule has 0 radical (unpaired) electrons. The standard InChI is InChI=1S/C19H17N5O2/c25-10-9-22-19(26)12-5-6-13-16(11-12)24-18(15-4-2-8-21-15)17(23-13)14-3-1-7-20-14/h1-8,11,20-21,25H,9-10H2,(H,22,26). The molecule has 130 valence electrons. The molecule has 7 heteroatoms. The molecule has 7 nitrogen and oxygen atoms in total. The number of aliphatic hydroxyl groups excluding tert-OH is 1. The summed E-state index contributed by atoms with van der Waals surface area (Å²) in [5, 5.41) is 11.5. The van der Waals surface area contributed by atoms with Crippen LogP contribution in [0, 0.1) is 0 Å². The summed E-state index contributed by atoms with van der Waals surface area (Å²) in [4.78, 5) is 28.0. The van der Waals surface area contributed by atoms with Gasteiger partial charge in [0.1, 0.15) is 11.4 Å². The molecular formula is C19H17N5O2. The topological polar surface area (TPSA) is 107 Å². The van der Waals surface area contributed by atoms with Gasteiger partial charge >= 0.3 is 0 Å². The van der Waals surface area contributed by atoms with Gasteiger partial charge in [0.15, 0.2) is 0 Å². The van der Waals surface area contributed by atoms with E-state index in [0.29, 0.717) is 22.3 Å². The van der Waals surface area contributed by atoms with Gasteiger partial charge in [-0.3, -0.25) is 4.79 Å². The number of benzene rings is 1. The van der Waals surface area contributed by atoms with Crippen LogP contribution >= 0.6 is 0 Å². The van der Waals surface area contributed by atoms with Crippen molar-refractivity contribution in [3.05, 3.63) is 60.4 Å². The van der Waals surface area contributed by atoms with Gasteiger partial charge in [-0.05, 0) is 42.5 Å². The van der Waals surface area contributed by atoms with Crippen molar-refractivity contribution < 1.29 is 9.90 Å². The van der Waals surface area contributed by atoms with Crippen molar-refractivity contribution in [1.29, 1.82) is 0 Å². The van der Waals surface area contributed by atoms with Crippen LogP contribution in [0.25, 0.3) is 33.8 Å². The second-order valence-electron chi connectivity index (χ2n) is 5.77. The van der Waals surface area contributed by atoms with Gasteiger partial charge in [0.25, 0.3) is 5.91 Å². The number of fused-ring (bicyclic) bond motifs is 1. The molecule has 0 saturated heterocycles. The van der Waals surface area contributed by atoms with Crippen LogP contribution in [0.4, 0.5) is 0 Å². The molecule has 26 heavy (non-hydrogen) atoms. The number of nitrogens with zero attached hydrogens (tertiary/aromatic N) is 2. The van der Waals surface area contributed by atoms with Crippen molar-refractivity contribution in [2.45, 2.75) is 0 Å². The van der Waals surface area contributed by atoms with Crippen molar-refractivity contribution in [1.82, 2.24) is 25.3 Å². The molecule has 0 aliphatic heterocycles. The molecule has 3 aromatic heterocycles. The lowest BCUT2D eigenvalue weighted by atomic mass is 10.1. The highest BCUT2D eigenvalue weighted by Gasteiger charge is 2.15. The summed E-state index contributed by atoms with van der Waals surface area (Å²) in [5.41, 5.74) is 4.96. The molecule has 0 aliphatic carbocycles. The molecular weight excluding hydrogens is 330 g/mol. The first-order valence-corrected chi connectivity index (χ1v) is 8.24. The monoisotopic (exact) mass is 347 g/mol. The van der Waals surface area contributed by atoms with E-state index in [4.69, 9.17) is 15.1 Å². The molecule has 1 aromatic carbocycles. The highest BCUT2D eigenvalue weighted by atomic mass is 16.3. The number of amides is 1. The molecule has 0 spiro atoms. The number of carbonyl (C=O) groups excluding carboxylic acids is 1. The third-order valence-electron chi connectivity index (χ3n) is 4.03. The van der Waals surface area contributed by atoms with E-state index < -0.39 is 0 Å². The Kier molecular flexibility index (Phi) is 4.20. The van der Waals surface area contributed by atoms with Crippen LogP contribution < -0.4 is 5.32 Å². The number of aromatic amines is 2. The summed E-state index contributed by atoms with van der Waals surface area (Å²) in [5.74, 6) is -0.252. The summed E-state index contributed by atoms with van der Waals surface area (Å²) in [6, 6.07) is 12.9. The van der Waals surface area contributed by atoms with Crippen LogP contribution in [-0.4, -0.2) is 44.1 Å². The number of hydrogen-bond donors (Lipinski definition) is 4. The van der Waals surface area contributed by atoms with E-state index >= 15 is 0 Å². The highest BCUT2D eigenvalue weighted by molar-refractivity contribution is 5.98. The van der Waals surface area contributed by atoms with Crippen molar-refractivity contribution in [3.63, 3.8) is 0 Å². The maximum atomic E-state index is 12.1. The lowest BCUT2D eigenvalue weighted by Crippen LogP contribution is -2.26. The molecule has 0 atom stereocenters. The maximum absolute atomic E-state index is 12.1. The number of rotatable bonds is 5. The maximum Gasteiger partial charge on any atom is 0.251 e. The summed E-state index contributed by atoms with van der Waals surface area (Å²) in [6.45, 7) is 0.109. The lowest BCUT2D eigenvalue weighted by molar-refractivity contribution is 0.0945. The molecule has 0 fully saturated rings. The van der Waals surface area contributed by atoms with Crippen molar-refractivity contribution >= 4 is 16.9 Å². The highest BCUT2D eigenvalue weighted by Crippen LogP contribution is 2.29. The summed E-state index contributed by atoms with van der Waals surface area (Å²) < 4.78 is 0. The summed E-state index contributed by atoms with van der Waals surface area (Å²) >= 11 is 0. The molecule has 0 saturated carbocycles. The minimum atomic E-state index is -0.252. The average Bonchev–Trinajstić information content (AvgIpc) is 3.38. The van der Waals surface area contributed by atoms with Gasteiger partial charge in [0.2, 0.25) is 0 Å². The molecule has 0 bridgehead atoms. The van der Waals surface area contributed by atoms with Gasteiger partial charge in [-0.2, -0.15) is 0 Å². The Balaban J connectivity index is 1.85. The van der Waals surface area contributed by atoms with Gasteiger partial charge < -0.3 is 20.4 Å². The Labute approximate surface area is 149 Å². The summed E-state index contributed by atoms with van der Waals surface area (Å²) in [7, 11) is 0. The first kappa shape index (κ1) is 16.0. The normalized spacial score (nSPS) is 11.0. The fourth-order valence-corrected chi connectivity index (χ4v) is 2.80. The number of aromatic nitrogens is 4. The van der Waals surface area contributed by atoms with Gasteiger partial charge in [-0.25, -0.2) is 9.97 Å². The quantitative estimate of drug-likeness (QED) is 0.444. The Morgan fingerprint density at radius 3 is 2.19 bits per heavy atom. The molecule has 4 aromatic rings.